The normalized spacial score (nSPS) is 16.5. The fourth-order valence-electron chi connectivity index (χ4n) is 5.28. The van der Waals surface area contributed by atoms with Crippen molar-refractivity contribution in [1.82, 2.24) is 24.5 Å². The molecule has 0 aliphatic carbocycles. The van der Waals surface area contributed by atoms with Crippen molar-refractivity contribution in [2.45, 2.75) is 66.0 Å². The lowest BCUT2D eigenvalue weighted by Crippen LogP contribution is -2.35. The van der Waals surface area contributed by atoms with Crippen LogP contribution in [0.4, 0.5) is 11.5 Å². The molecule has 1 aromatic carbocycles. The second kappa shape index (κ2) is 8.36. The van der Waals surface area contributed by atoms with E-state index < -0.39 is 0 Å². The predicted molar refractivity (Wildman–Crippen MR) is 131 cm³/mol. The third kappa shape index (κ3) is 3.73. The second-order valence-corrected chi connectivity index (χ2v) is 9.59. The van der Waals surface area contributed by atoms with Crippen molar-refractivity contribution in [3.05, 3.63) is 46.9 Å². The number of amides is 1. The third-order valence-electron chi connectivity index (χ3n) is 7.33. The number of nitrogens with zero attached hydrogens (tertiary/aromatic N) is 6. The lowest BCUT2D eigenvalue weighted by molar-refractivity contribution is -0.129. The zero-order chi connectivity index (χ0) is 23.3. The van der Waals surface area contributed by atoms with Gasteiger partial charge in [-0.25, -0.2) is 0 Å². The number of fused-ring (bicyclic) bond motifs is 2. The van der Waals surface area contributed by atoms with Gasteiger partial charge in [-0.1, -0.05) is 6.92 Å². The molecular formula is C26H34N6O. The van der Waals surface area contributed by atoms with Crippen LogP contribution in [0.3, 0.4) is 0 Å². The fraction of sp³-hybridized carbons (Fsp3) is 0.500. The number of hydrogen-bond acceptors (Lipinski definition) is 4. The van der Waals surface area contributed by atoms with E-state index in [4.69, 9.17) is 5.10 Å². The van der Waals surface area contributed by atoms with Crippen molar-refractivity contribution in [3.8, 4) is 11.1 Å². The van der Waals surface area contributed by atoms with E-state index in [1.807, 2.05) is 22.8 Å². The van der Waals surface area contributed by atoms with Crippen LogP contribution in [0.1, 0.15) is 62.0 Å². The highest BCUT2D eigenvalue weighted by Gasteiger charge is 2.32. The molecule has 2 aliphatic rings. The van der Waals surface area contributed by atoms with Crippen molar-refractivity contribution in [3.63, 3.8) is 0 Å². The van der Waals surface area contributed by atoms with Gasteiger partial charge in [0.1, 0.15) is 0 Å². The molecule has 3 aromatic rings. The summed E-state index contributed by atoms with van der Waals surface area (Å²) in [5.74, 6) is 1.17. The molecule has 0 fully saturated rings. The van der Waals surface area contributed by atoms with E-state index in [1.165, 1.54) is 33.6 Å². The lowest BCUT2D eigenvalue weighted by atomic mass is 9.93. The number of benzene rings is 1. The minimum Gasteiger partial charge on any atom is -0.338 e. The van der Waals surface area contributed by atoms with Gasteiger partial charge < -0.3 is 9.80 Å². The third-order valence-corrected chi connectivity index (χ3v) is 7.33. The lowest BCUT2D eigenvalue weighted by Gasteiger charge is -2.33. The fourth-order valence-corrected chi connectivity index (χ4v) is 5.28. The van der Waals surface area contributed by atoms with Gasteiger partial charge in [-0.2, -0.15) is 10.2 Å². The van der Waals surface area contributed by atoms with E-state index in [1.54, 1.807) is 6.92 Å². The van der Waals surface area contributed by atoms with Crippen molar-refractivity contribution in [2.75, 3.05) is 18.0 Å². The van der Waals surface area contributed by atoms with Gasteiger partial charge in [-0.05, 0) is 61.9 Å². The summed E-state index contributed by atoms with van der Waals surface area (Å²) in [6.07, 6.45) is 8.07. The number of anilines is 2. The Morgan fingerprint density at radius 2 is 2.03 bits per heavy atom. The van der Waals surface area contributed by atoms with Gasteiger partial charge in [0.25, 0.3) is 0 Å². The molecule has 1 atom stereocenters. The van der Waals surface area contributed by atoms with Crippen molar-refractivity contribution >= 4 is 17.4 Å². The Morgan fingerprint density at radius 3 is 2.73 bits per heavy atom. The van der Waals surface area contributed by atoms with Crippen LogP contribution in [0.2, 0.25) is 0 Å². The molecule has 1 unspecified atom stereocenters. The summed E-state index contributed by atoms with van der Waals surface area (Å²) < 4.78 is 4.09. The molecule has 7 heteroatoms. The highest BCUT2D eigenvalue weighted by atomic mass is 16.2. The summed E-state index contributed by atoms with van der Waals surface area (Å²) in [7, 11) is 1.96. The van der Waals surface area contributed by atoms with E-state index >= 15 is 0 Å². The molecule has 0 saturated carbocycles. The average Bonchev–Trinajstić information content (AvgIpc) is 3.41. The van der Waals surface area contributed by atoms with E-state index in [-0.39, 0.29) is 5.91 Å². The standard InChI is InChI=1S/C26H34N6O/c1-6-18(3)32-24-9-11-30(19(4)33)16-23(24)26(28-32)31-10-7-8-20-13-22(17(2)12-25(20)31)21-14-27-29(5)15-21/h12-15,18H,6-11,16H2,1-5H3. The molecule has 33 heavy (non-hydrogen) atoms. The van der Waals surface area contributed by atoms with Gasteiger partial charge in [-0.15, -0.1) is 0 Å². The number of aryl methyl sites for hydroxylation is 3. The summed E-state index contributed by atoms with van der Waals surface area (Å²) in [6, 6.07) is 5.00. The van der Waals surface area contributed by atoms with Crippen LogP contribution in [-0.2, 0) is 31.2 Å². The number of carbonyl (C=O) groups is 1. The maximum atomic E-state index is 12.2. The number of aromatic nitrogens is 4. The molecule has 0 radical (unpaired) electrons. The largest absolute Gasteiger partial charge is 0.338 e. The Morgan fingerprint density at radius 1 is 1.21 bits per heavy atom. The molecule has 0 spiro atoms. The molecule has 2 aliphatic heterocycles. The molecule has 0 bridgehead atoms. The van der Waals surface area contributed by atoms with Crippen molar-refractivity contribution in [1.29, 1.82) is 0 Å². The van der Waals surface area contributed by atoms with Crippen LogP contribution in [0.25, 0.3) is 11.1 Å². The van der Waals surface area contributed by atoms with Crippen LogP contribution < -0.4 is 4.90 Å². The molecule has 174 valence electrons. The molecule has 0 saturated heterocycles. The topological polar surface area (TPSA) is 59.2 Å². The smallest absolute Gasteiger partial charge is 0.219 e. The maximum Gasteiger partial charge on any atom is 0.219 e. The number of carbonyl (C=O) groups excluding carboxylic acids is 1. The van der Waals surface area contributed by atoms with Gasteiger partial charge in [0.2, 0.25) is 5.91 Å². The minimum atomic E-state index is 0.138. The van der Waals surface area contributed by atoms with Gasteiger partial charge in [0.05, 0.1) is 12.7 Å². The first-order valence-corrected chi connectivity index (χ1v) is 12.1. The Hall–Kier alpha value is -3.09. The highest BCUT2D eigenvalue weighted by molar-refractivity contribution is 5.77. The van der Waals surface area contributed by atoms with E-state index in [0.717, 1.165) is 50.2 Å². The Balaban J connectivity index is 1.61. The molecule has 7 nitrogen and oxygen atoms in total. The number of hydrogen-bond donors (Lipinski definition) is 0. The summed E-state index contributed by atoms with van der Waals surface area (Å²) in [6.45, 7) is 10.7. The molecule has 1 amide bonds. The van der Waals surface area contributed by atoms with E-state index in [2.05, 4.69) is 53.8 Å². The zero-order valence-corrected chi connectivity index (χ0v) is 20.4. The number of rotatable bonds is 4. The summed E-state index contributed by atoms with van der Waals surface area (Å²) in [4.78, 5) is 16.5. The Labute approximate surface area is 196 Å². The van der Waals surface area contributed by atoms with Crippen LogP contribution >= 0.6 is 0 Å². The Kier molecular flexibility index (Phi) is 5.51. The first-order valence-electron chi connectivity index (χ1n) is 12.1. The average molecular weight is 447 g/mol. The first-order chi connectivity index (χ1) is 15.9. The van der Waals surface area contributed by atoms with Crippen LogP contribution in [0, 0.1) is 6.92 Å². The summed E-state index contributed by atoms with van der Waals surface area (Å²) in [5.41, 5.74) is 8.78. The van der Waals surface area contributed by atoms with E-state index in [9.17, 15) is 4.79 Å². The van der Waals surface area contributed by atoms with Gasteiger partial charge >= 0.3 is 0 Å². The maximum absolute atomic E-state index is 12.2. The predicted octanol–water partition coefficient (Wildman–Crippen LogP) is 4.55. The molecule has 4 heterocycles. The van der Waals surface area contributed by atoms with Crippen LogP contribution in [0.5, 0.6) is 0 Å². The molecular weight excluding hydrogens is 412 g/mol. The van der Waals surface area contributed by atoms with Gasteiger partial charge in [0, 0.05) is 68.2 Å². The van der Waals surface area contributed by atoms with Gasteiger partial charge in [0.15, 0.2) is 5.82 Å². The van der Waals surface area contributed by atoms with Crippen LogP contribution in [0.15, 0.2) is 24.5 Å². The molecule has 2 aromatic heterocycles. The molecule has 0 N–H and O–H groups in total. The summed E-state index contributed by atoms with van der Waals surface area (Å²) >= 11 is 0. The van der Waals surface area contributed by atoms with Crippen LogP contribution in [-0.4, -0.2) is 43.5 Å². The van der Waals surface area contributed by atoms with Crippen molar-refractivity contribution in [2.24, 2.45) is 7.05 Å². The summed E-state index contributed by atoms with van der Waals surface area (Å²) in [5, 5.41) is 9.55. The second-order valence-electron chi connectivity index (χ2n) is 9.59. The van der Waals surface area contributed by atoms with E-state index in [0.29, 0.717) is 12.6 Å². The molecule has 5 rings (SSSR count). The monoisotopic (exact) mass is 446 g/mol. The zero-order valence-electron chi connectivity index (χ0n) is 20.4. The quantitative estimate of drug-likeness (QED) is 0.590. The minimum absolute atomic E-state index is 0.138. The SMILES string of the molecule is CCC(C)n1nc(N2CCCc3cc(-c4cnn(C)c4)c(C)cc32)c2c1CCN(C(C)=O)C2. The Bertz CT molecular complexity index is 1210. The first kappa shape index (κ1) is 21.7. The van der Waals surface area contributed by atoms with Crippen molar-refractivity contribution < 1.29 is 4.79 Å². The highest BCUT2D eigenvalue weighted by Crippen LogP contribution is 2.41. The van der Waals surface area contributed by atoms with Gasteiger partial charge in [-0.3, -0.25) is 14.2 Å².